The number of benzene rings is 2. The van der Waals surface area contributed by atoms with Gasteiger partial charge in [0.1, 0.15) is 17.6 Å². The predicted molar refractivity (Wildman–Crippen MR) is 162 cm³/mol. The van der Waals surface area contributed by atoms with Crippen LogP contribution in [-0.2, 0) is 23.9 Å². The largest absolute Gasteiger partial charge is 0.465 e. The van der Waals surface area contributed by atoms with Crippen molar-refractivity contribution >= 4 is 34.2 Å². The molecule has 8 nitrogen and oxygen atoms in total. The Labute approximate surface area is 248 Å². The molecule has 2 amide bonds. The van der Waals surface area contributed by atoms with Crippen LogP contribution < -0.4 is 4.90 Å². The number of aliphatic hydroxyl groups is 1. The summed E-state index contributed by atoms with van der Waals surface area (Å²) in [5.41, 5.74) is -1.40. The molecule has 3 aliphatic heterocycles. The molecule has 3 fully saturated rings. The molecule has 3 saturated heterocycles. The lowest BCUT2D eigenvalue weighted by molar-refractivity contribution is -0.162. The van der Waals surface area contributed by atoms with E-state index in [0.717, 1.165) is 10.8 Å². The van der Waals surface area contributed by atoms with Crippen molar-refractivity contribution in [2.75, 3.05) is 24.7 Å². The number of amides is 2. The van der Waals surface area contributed by atoms with Crippen molar-refractivity contribution in [3.05, 3.63) is 67.8 Å². The predicted octanol–water partition coefficient (Wildman–Crippen LogP) is 4.79. The Morgan fingerprint density at radius 3 is 2.60 bits per heavy atom. The number of aliphatic hydroxyl groups excluding tert-OH is 1. The summed E-state index contributed by atoms with van der Waals surface area (Å²) in [6.45, 7) is 11.6. The molecule has 2 aromatic carbocycles. The molecule has 6 atom stereocenters. The van der Waals surface area contributed by atoms with E-state index in [-0.39, 0.29) is 31.6 Å². The van der Waals surface area contributed by atoms with Crippen LogP contribution in [0.5, 0.6) is 0 Å². The first kappa shape index (κ1) is 30.0. The second kappa shape index (κ2) is 12.0. The van der Waals surface area contributed by atoms with Gasteiger partial charge in [-0.1, -0.05) is 56.3 Å². The van der Waals surface area contributed by atoms with E-state index in [4.69, 9.17) is 9.47 Å². The molecular weight excluding hydrogens is 532 g/mol. The number of nitrogens with zero attached hydrogens (tertiary/aromatic N) is 2. The minimum absolute atomic E-state index is 0.222. The smallest absolute Gasteiger partial charge is 0.312 e. The molecule has 0 aromatic heterocycles. The summed E-state index contributed by atoms with van der Waals surface area (Å²) in [5, 5.41) is 12.4. The monoisotopic (exact) mass is 574 g/mol. The van der Waals surface area contributed by atoms with Crippen molar-refractivity contribution in [1.29, 1.82) is 0 Å². The van der Waals surface area contributed by atoms with Gasteiger partial charge in [0.15, 0.2) is 0 Å². The van der Waals surface area contributed by atoms with Crippen molar-refractivity contribution in [1.82, 2.24) is 4.90 Å². The zero-order valence-electron chi connectivity index (χ0n) is 24.7. The van der Waals surface area contributed by atoms with E-state index in [1.807, 2.05) is 56.3 Å². The van der Waals surface area contributed by atoms with Crippen LogP contribution in [0.4, 0.5) is 5.69 Å². The van der Waals surface area contributed by atoms with E-state index < -0.39 is 41.1 Å². The molecule has 0 saturated carbocycles. The second-order valence-corrected chi connectivity index (χ2v) is 11.7. The van der Waals surface area contributed by atoms with Crippen LogP contribution in [0.1, 0.15) is 52.4 Å². The first-order valence-electron chi connectivity index (χ1n) is 15.1. The number of ether oxygens (including phenoxy) is 2. The highest BCUT2D eigenvalue weighted by Crippen LogP contribution is 2.65. The lowest BCUT2D eigenvalue weighted by atomic mass is 9.65. The van der Waals surface area contributed by atoms with Gasteiger partial charge in [0.25, 0.3) is 5.91 Å². The summed E-state index contributed by atoms with van der Waals surface area (Å²) in [6, 6.07) is 12.1. The van der Waals surface area contributed by atoms with Gasteiger partial charge in [-0.3, -0.25) is 14.4 Å². The van der Waals surface area contributed by atoms with E-state index in [2.05, 4.69) is 13.2 Å². The SMILES string of the molecule is C=CCCCOC(=O)[C@H]1[C@H]2C(=O)N([C@@H](CC)CO)C(C(=O)N(CC=C)c3ccc4ccccc4c3)C23CC[C@]1(CC)O3. The lowest BCUT2D eigenvalue weighted by Crippen LogP contribution is -2.59. The fourth-order valence-electron chi connectivity index (χ4n) is 7.54. The molecular formula is C34H42N2O6. The minimum Gasteiger partial charge on any atom is -0.465 e. The number of carbonyl (C=O) groups is 3. The van der Waals surface area contributed by atoms with E-state index in [9.17, 15) is 19.5 Å². The highest BCUT2D eigenvalue weighted by Gasteiger charge is 2.79. The Morgan fingerprint density at radius 1 is 1.17 bits per heavy atom. The topological polar surface area (TPSA) is 96.4 Å². The summed E-state index contributed by atoms with van der Waals surface area (Å²) in [4.78, 5) is 46.0. The van der Waals surface area contributed by atoms with Crippen LogP contribution in [0.3, 0.4) is 0 Å². The average molecular weight is 575 g/mol. The number of fused-ring (bicyclic) bond motifs is 2. The van der Waals surface area contributed by atoms with E-state index >= 15 is 0 Å². The van der Waals surface area contributed by atoms with E-state index in [1.165, 1.54) is 4.90 Å². The van der Waals surface area contributed by atoms with Crippen molar-refractivity contribution in [3.63, 3.8) is 0 Å². The maximum absolute atomic E-state index is 14.8. The highest BCUT2D eigenvalue weighted by molar-refractivity contribution is 6.05. The van der Waals surface area contributed by atoms with Crippen LogP contribution >= 0.6 is 0 Å². The van der Waals surface area contributed by atoms with Crippen LogP contribution in [-0.4, -0.2) is 70.8 Å². The number of unbranched alkanes of at least 4 members (excludes halogenated alkanes) is 1. The van der Waals surface area contributed by atoms with Crippen LogP contribution in [0, 0.1) is 11.8 Å². The van der Waals surface area contributed by atoms with Gasteiger partial charge in [-0.25, -0.2) is 0 Å². The standard InChI is InChI=1S/C34H42N2O6/c1-5-9-12-20-41-32(40)28-27-30(38)36(25(7-3)22-37)29(34(27)18-17-33(28,8-4)42-34)31(39)35(19-6-2)26-16-15-23-13-10-11-14-24(23)21-26/h5-6,10-11,13-16,21,25,27-29,37H,1-2,7-9,12,17-20,22H2,3-4H3/t25-,27-,28+,29?,33-,34?/m0/s1. The van der Waals surface area contributed by atoms with Crippen molar-refractivity contribution in [2.45, 2.75) is 75.7 Å². The summed E-state index contributed by atoms with van der Waals surface area (Å²) in [6.07, 6.45) is 6.77. The van der Waals surface area contributed by atoms with Gasteiger partial charge < -0.3 is 24.4 Å². The fourth-order valence-corrected chi connectivity index (χ4v) is 7.54. The third kappa shape index (κ3) is 4.65. The minimum atomic E-state index is -1.20. The van der Waals surface area contributed by atoms with Gasteiger partial charge in [0, 0.05) is 12.2 Å². The average Bonchev–Trinajstić information content (AvgIpc) is 3.62. The third-order valence-corrected chi connectivity index (χ3v) is 9.60. The number of rotatable bonds is 13. The van der Waals surface area contributed by atoms with Gasteiger partial charge in [0.05, 0.1) is 30.8 Å². The first-order chi connectivity index (χ1) is 20.3. The number of hydrogen-bond donors (Lipinski definition) is 1. The zero-order chi connectivity index (χ0) is 30.1. The van der Waals surface area contributed by atoms with Crippen molar-refractivity contribution in [3.8, 4) is 0 Å². The van der Waals surface area contributed by atoms with Crippen LogP contribution in [0.25, 0.3) is 10.8 Å². The molecule has 0 radical (unpaired) electrons. The molecule has 3 heterocycles. The Morgan fingerprint density at radius 2 is 1.93 bits per heavy atom. The maximum Gasteiger partial charge on any atom is 0.312 e. The van der Waals surface area contributed by atoms with Crippen LogP contribution in [0.15, 0.2) is 67.8 Å². The molecule has 224 valence electrons. The molecule has 5 rings (SSSR count). The molecule has 0 aliphatic carbocycles. The van der Waals surface area contributed by atoms with Crippen LogP contribution in [0.2, 0.25) is 0 Å². The van der Waals surface area contributed by atoms with Gasteiger partial charge in [-0.15, -0.1) is 13.2 Å². The Kier molecular flexibility index (Phi) is 8.58. The summed E-state index contributed by atoms with van der Waals surface area (Å²) >= 11 is 0. The number of carbonyl (C=O) groups excluding carboxylic acids is 3. The Balaban J connectivity index is 1.58. The third-order valence-electron chi connectivity index (χ3n) is 9.60. The van der Waals surface area contributed by atoms with Gasteiger partial charge >= 0.3 is 5.97 Å². The van der Waals surface area contributed by atoms with Crippen molar-refractivity contribution in [2.24, 2.45) is 11.8 Å². The molecule has 1 N–H and O–H groups in total. The molecule has 1 spiro atoms. The lowest BCUT2D eigenvalue weighted by Gasteiger charge is -2.39. The fraction of sp³-hybridized carbons (Fsp3) is 0.500. The number of esters is 1. The van der Waals surface area contributed by atoms with E-state index in [0.29, 0.717) is 44.2 Å². The van der Waals surface area contributed by atoms with Crippen molar-refractivity contribution < 1.29 is 29.0 Å². The first-order valence-corrected chi connectivity index (χ1v) is 15.1. The summed E-state index contributed by atoms with van der Waals surface area (Å²) in [5.74, 6) is -2.77. The molecule has 8 heteroatoms. The molecule has 2 aromatic rings. The number of anilines is 1. The number of likely N-dealkylation sites (tertiary alicyclic amines) is 1. The number of hydrogen-bond acceptors (Lipinski definition) is 6. The van der Waals surface area contributed by atoms with Gasteiger partial charge in [-0.2, -0.15) is 0 Å². The zero-order valence-corrected chi connectivity index (χ0v) is 24.7. The molecule has 3 aliphatic rings. The summed E-state index contributed by atoms with van der Waals surface area (Å²) in [7, 11) is 0. The summed E-state index contributed by atoms with van der Waals surface area (Å²) < 4.78 is 12.6. The second-order valence-electron chi connectivity index (χ2n) is 11.7. The molecule has 2 bridgehead atoms. The molecule has 42 heavy (non-hydrogen) atoms. The normalized spacial score (nSPS) is 28.5. The molecule has 2 unspecified atom stereocenters. The quantitative estimate of drug-likeness (QED) is 0.210. The highest BCUT2D eigenvalue weighted by atomic mass is 16.6. The van der Waals surface area contributed by atoms with Gasteiger partial charge in [-0.05, 0) is 61.4 Å². The van der Waals surface area contributed by atoms with Gasteiger partial charge in [0.2, 0.25) is 5.91 Å². The maximum atomic E-state index is 14.8. The Bertz CT molecular complexity index is 1370. The number of allylic oxidation sites excluding steroid dienone is 1. The Hall–Kier alpha value is -3.49. The van der Waals surface area contributed by atoms with E-state index in [1.54, 1.807) is 17.1 Å².